The lowest BCUT2D eigenvalue weighted by molar-refractivity contribution is -0.139. The van der Waals surface area contributed by atoms with Crippen molar-refractivity contribution in [2.45, 2.75) is 20.0 Å². The minimum atomic E-state index is -0.682. The molecular formula is C23H29N3O4. The van der Waals surface area contributed by atoms with E-state index in [0.717, 1.165) is 37.6 Å². The molecule has 1 heterocycles. The standard InChI is InChI=1S/C23H29N3O4/c1-17-4-10-21(11-5-17)30-18(2)23(28)25(3)16-22(27)24-19-6-8-20(9-7-19)26-12-14-29-15-13-26/h4-11,18H,12-16H2,1-3H3,(H,24,27)/t18-/m1/s1. The van der Waals surface area contributed by atoms with Crippen LogP contribution < -0.4 is 15.0 Å². The van der Waals surface area contributed by atoms with Crippen molar-refractivity contribution in [1.82, 2.24) is 4.90 Å². The number of carbonyl (C=O) groups is 2. The molecule has 1 N–H and O–H groups in total. The Labute approximate surface area is 177 Å². The van der Waals surface area contributed by atoms with Gasteiger partial charge in [-0.25, -0.2) is 0 Å². The molecule has 2 aromatic rings. The van der Waals surface area contributed by atoms with Gasteiger partial charge in [0, 0.05) is 31.5 Å². The summed E-state index contributed by atoms with van der Waals surface area (Å²) >= 11 is 0. The van der Waals surface area contributed by atoms with E-state index in [1.807, 2.05) is 55.5 Å². The topological polar surface area (TPSA) is 71.1 Å². The molecule has 7 nitrogen and oxygen atoms in total. The smallest absolute Gasteiger partial charge is 0.263 e. The van der Waals surface area contributed by atoms with Crippen molar-refractivity contribution in [3.05, 3.63) is 54.1 Å². The summed E-state index contributed by atoms with van der Waals surface area (Å²) in [5.41, 5.74) is 2.92. The van der Waals surface area contributed by atoms with Crippen LogP contribution in [0.2, 0.25) is 0 Å². The van der Waals surface area contributed by atoms with Crippen LogP contribution in [0, 0.1) is 6.92 Å². The fraction of sp³-hybridized carbons (Fsp3) is 0.391. The average Bonchev–Trinajstić information content (AvgIpc) is 2.75. The maximum Gasteiger partial charge on any atom is 0.263 e. The number of benzene rings is 2. The second kappa shape index (κ2) is 10.1. The Morgan fingerprint density at radius 3 is 2.37 bits per heavy atom. The minimum Gasteiger partial charge on any atom is -0.481 e. The van der Waals surface area contributed by atoms with E-state index < -0.39 is 6.10 Å². The zero-order chi connectivity index (χ0) is 21.5. The van der Waals surface area contributed by atoms with E-state index in [1.54, 1.807) is 14.0 Å². The summed E-state index contributed by atoms with van der Waals surface area (Å²) in [6.45, 7) is 6.80. The number of aryl methyl sites for hydroxylation is 1. The van der Waals surface area contributed by atoms with E-state index in [2.05, 4.69) is 10.2 Å². The molecule has 0 bridgehead atoms. The summed E-state index contributed by atoms with van der Waals surface area (Å²) in [5, 5.41) is 2.84. The summed E-state index contributed by atoms with van der Waals surface area (Å²) in [6.07, 6.45) is -0.682. The average molecular weight is 412 g/mol. The lowest BCUT2D eigenvalue weighted by Gasteiger charge is -2.29. The third-order valence-corrected chi connectivity index (χ3v) is 4.97. The third-order valence-electron chi connectivity index (χ3n) is 4.97. The van der Waals surface area contributed by atoms with Crippen molar-refractivity contribution in [2.24, 2.45) is 0 Å². The SMILES string of the molecule is Cc1ccc(O[C@H](C)C(=O)N(C)CC(=O)Nc2ccc(N3CCOCC3)cc2)cc1. The highest BCUT2D eigenvalue weighted by molar-refractivity contribution is 5.95. The molecule has 2 aromatic carbocycles. The van der Waals surface area contributed by atoms with Crippen molar-refractivity contribution in [3.63, 3.8) is 0 Å². The van der Waals surface area contributed by atoms with Crippen LogP contribution in [0.15, 0.2) is 48.5 Å². The molecule has 0 aliphatic carbocycles. The van der Waals surface area contributed by atoms with Crippen molar-refractivity contribution < 1.29 is 19.1 Å². The first-order valence-electron chi connectivity index (χ1n) is 10.1. The van der Waals surface area contributed by atoms with Gasteiger partial charge in [0.2, 0.25) is 5.91 Å². The Morgan fingerprint density at radius 2 is 1.73 bits per heavy atom. The number of amides is 2. The van der Waals surface area contributed by atoms with Gasteiger partial charge in [-0.1, -0.05) is 17.7 Å². The van der Waals surface area contributed by atoms with Gasteiger partial charge >= 0.3 is 0 Å². The normalized spacial score (nSPS) is 14.7. The van der Waals surface area contributed by atoms with Crippen LogP contribution >= 0.6 is 0 Å². The second-order valence-electron chi connectivity index (χ2n) is 7.46. The number of anilines is 2. The predicted molar refractivity (Wildman–Crippen MR) is 117 cm³/mol. The number of likely N-dealkylation sites (N-methyl/N-ethyl adjacent to an activating group) is 1. The van der Waals surface area contributed by atoms with Gasteiger partial charge in [-0.2, -0.15) is 0 Å². The van der Waals surface area contributed by atoms with E-state index in [9.17, 15) is 9.59 Å². The number of morpholine rings is 1. The minimum absolute atomic E-state index is 0.0500. The molecule has 0 spiro atoms. The molecule has 0 saturated carbocycles. The van der Waals surface area contributed by atoms with Gasteiger partial charge in [-0.15, -0.1) is 0 Å². The quantitative estimate of drug-likeness (QED) is 0.759. The van der Waals surface area contributed by atoms with Crippen molar-refractivity contribution in [1.29, 1.82) is 0 Å². The van der Waals surface area contributed by atoms with E-state index in [4.69, 9.17) is 9.47 Å². The zero-order valence-electron chi connectivity index (χ0n) is 17.8. The summed E-state index contributed by atoms with van der Waals surface area (Å²) < 4.78 is 11.1. The molecule has 3 rings (SSSR count). The van der Waals surface area contributed by atoms with Crippen LogP contribution in [0.25, 0.3) is 0 Å². The highest BCUT2D eigenvalue weighted by Gasteiger charge is 2.21. The molecule has 2 amide bonds. The number of ether oxygens (including phenoxy) is 2. The second-order valence-corrected chi connectivity index (χ2v) is 7.46. The monoisotopic (exact) mass is 411 g/mol. The van der Waals surface area contributed by atoms with Crippen molar-refractivity contribution >= 4 is 23.2 Å². The van der Waals surface area contributed by atoms with E-state index >= 15 is 0 Å². The van der Waals surface area contributed by atoms with Gasteiger partial charge in [0.05, 0.1) is 19.8 Å². The molecule has 1 fully saturated rings. The molecule has 7 heteroatoms. The third kappa shape index (κ3) is 5.97. The van der Waals surface area contributed by atoms with Crippen LogP contribution in [-0.2, 0) is 14.3 Å². The van der Waals surface area contributed by atoms with Gasteiger partial charge in [0.1, 0.15) is 5.75 Å². The number of carbonyl (C=O) groups excluding carboxylic acids is 2. The maximum absolute atomic E-state index is 12.5. The molecule has 160 valence electrons. The molecule has 1 aliphatic heterocycles. The Kier molecular flexibility index (Phi) is 7.30. The molecule has 1 saturated heterocycles. The van der Waals surface area contributed by atoms with Gasteiger partial charge in [-0.3, -0.25) is 9.59 Å². The van der Waals surface area contributed by atoms with Gasteiger partial charge in [0.25, 0.3) is 5.91 Å². The van der Waals surface area contributed by atoms with E-state index in [-0.39, 0.29) is 18.4 Å². The van der Waals surface area contributed by atoms with Gasteiger partial charge in [-0.05, 0) is 50.2 Å². The number of hydrogen-bond acceptors (Lipinski definition) is 5. The van der Waals surface area contributed by atoms with Crippen molar-refractivity contribution in [3.8, 4) is 5.75 Å². The number of nitrogens with zero attached hydrogens (tertiary/aromatic N) is 2. The summed E-state index contributed by atoms with van der Waals surface area (Å²) in [7, 11) is 1.60. The highest BCUT2D eigenvalue weighted by atomic mass is 16.5. The fourth-order valence-electron chi connectivity index (χ4n) is 3.25. The van der Waals surface area contributed by atoms with Crippen LogP contribution in [0.4, 0.5) is 11.4 Å². The number of hydrogen-bond donors (Lipinski definition) is 1. The fourth-order valence-corrected chi connectivity index (χ4v) is 3.25. The van der Waals surface area contributed by atoms with Gasteiger partial charge < -0.3 is 24.6 Å². The van der Waals surface area contributed by atoms with E-state index in [0.29, 0.717) is 11.4 Å². The van der Waals surface area contributed by atoms with Crippen LogP contribution in [0.3, 0.4) is 0 Å². The Balaban J connectivity index is 1.48. The molecule has 30 heavy (non-hydrogen) atoms. The van der Waals surface area contributed by atoms with Crippen molar-refractivity contribution in [2.75, 3.05) is 50.1 Å². The zero-order valence-corrected chi connectivity index (χ0v) is 17.8. The Bertz CT molecular complexity index is 846. The molecule has 1 atom stereocenters. The first-order valence-corrected chi connectivity index (χ1v) is 10.1. The highest BCUT2D eigenvalue weighted by Crippen LogP contribution is 2.19. The molecule has 0 aromatic heterocycles. The molecule has 0 unspecified atom stereocenters. The first kappa shape index (κ1) is 21.6. The predicted octanol–water partition coefficient (Wildman–Crippen LogP) is 2.70. The molecule has 1 aliphatic rings. The summed E-state index contributed by atoms with van der Waals surface area (Å²) in [4.78, 5) is 28.5. The molecule has 0 radical (unpaired) electrons. The van der Waals surface area contributed by atoms with Crippen LogP contribution in [-0.4, -0.2) is 62.7 Å². The maximum atomic E-state index is 12.5. The Morgan fingerprint density at radius 1 is 1.10 bits per heavy atom. The first-order chi connectivity index (χ1) is 14.4. The van der Waals surface area contributed by atoms with Crippen LogP contribution in [0.1, 0.15) is 12.5 Å². The Hall–Kier alpha value is -3.06. The lowest BCUT2D eigenvalue weighted by Crippen LogP contribution is -2.42. The summed E-state index contributed by atoms with van der Waals surface area (Å²) in [5.74, 6) is 0.112. The molecular weight excluding hydrogens is 382 g/mol. The van der Waals surface area contributed by atoms with Crippen LogP contribution in [0.5, 0.6) is 5.75 Å². The number of nitrogens with one attached hydrogen (secondary N) is 1. The number of rotatable bonds is 7. The van der Waals surface area contributed by atoms with E-state index in [1.165, 1.54) is 4.90 Å². The summed E-state index contributed by atoms with van der Waals surface area (Å²) in [6, 6.07) is 15.2. The van der Waals surface area contributed by atoms with Gasteiger partial charge in [0.15, 0.2) is 6.10 Å². The largest absolute Gasteiger partial charge is 0.481 e. The lowest BCUT2D eigenvalue weighted by atomic mass is 10.2.